The van der Waals surface area contributed by atoms with Crippen molar-refractivity contribution in [2.24, 2.45) is 0 Å². The van der Waals surface area contributed by atoms with Gasteiger partial charge in [0.05, 0.1) is 19.3 Å². The van der Waals surface area contributed by atoms with Crippen LogP contribution in [0.5, 0.6) is 5.75 Å². The normalized spacial score (nSPS) is 10.1. The smallest absolute Gasteiger partial charge is 0.255 e. The van der Waals surface area contributed by atoms with Crippen LogP contribution in [-0.4, -0.2) is 23.9 Å². The minimum Gasteiger partial charge on any atom is -0.497 e. The average Bonchev–Trinajstić information content (AvgIpc) is 2.73. The van der Waals surface area contributed by atoms with E-state index in [1.165, 1.54) is 0 Å². The van der Waals surface area contributed by atoms with Crippen molar-refractivity contribution in [1.29, 1.82) is 0 Å². The number of anilines is 1. The molecule has 0 aliphatic rings. The van der Waals surface area contributed by atoms with E-state index in [0.29, 0.717) is 29.1 Å². The fourth-order valence-electron chi connectivity index (χ4n) is 2.43. The van der Waals surface area contributed by atoms with Gasteiger partial charge < -0.3 is 15.4 Å². The van der Waals surface area contributed by atoms with E-state index < -0.39 is 0 Å². The Kier molecular flexibility index (Phi) is 5.79. The van der Waals surface area contributed by atoms with E-state index in [9.17, 15) is 9.59 Å². The summed E-state index contributed by atoms with van der Waals surface area (Å²) in [6.07, 6.45) is 1.68. The molecule has 6 heteroatoms. The van der Waals surface area contributed by atoms with Crippen LogP contribution in [0.4, 0.5) is 5.69 Å². The maximum absolute atomic E-state index is 12.3. The van der Waals surface area contributed by atoms with Gasteiger partial charge in [-0.15, -0.1) is 0 Å². The molecule has 1 heterocycles. The zero-order valence-electron chi connectivity index (χ0n) is 14.8. The summed E-state index contributed by atoms with van der Waals surface area (Å²) in [5.74, 6) is 0.248. The van der Waals surface area contributed by atoms with Crippen LogP contribution in [0.25, 0.3) is 0 Å². The number of ether oxygens (including phenoxy) is 1. The van der Waals surface area contributed by atoms with Crippen LogP contribution in [0.15, 0.2) is 72.9 Å². The van der Waals surface area contributed by atoms with Crippen LogP contribution in [0.1, 0.15) is 26.4 Å². The minimum absolute atomic E-state index is 0.220. The van der Waals surface area contributed by atoms with Crippen LogP contribution < -0.4 is 15.4 Å². The van der Waals surface area contributed by atoms with Gasteiger partial charge in [-0.3, -0.25) is 14.6 Å². The van der Waals surface area contributed by atoms with Crippen LogP contribution in [0.3, 0.4) is 0 Å². The Morgan fingerprint density at radius 2 is 1.56 bits per heavy atom. The highest BCUT2D eigenvalue weighted by atomic mass is 16.5. The molecule has 136 valence electrons. The van der Waals surface area contributed by atoms with E-state index in [0.717, 1.165) is 5.69 Å². The molecule has 0 aliphatic heterocycles. The van der Waals surface area contributed by atoms with Crippen molar-refractivity contribution in [3.8, 4) is 5.75 Å². The monoisotopic (exact) mass is 361 g/mol. The molecule has 3 aromatic rings. The standard InChI is InChI=1S/C21H19N3O3/c1-27-19-11-9-17(10-12-19)24-21(26)16-7-5-15(6-8-16)20(25)23-14-18-4-2-3-13-22-18/h2-13H,14H2,1H3,(H,23,25)(H,24,26). The van der Waals surface area contributed by atoms with Crippen LogP contribution in [-0.2, 0) is 6.54 Å². The Bertz CT molecular complexity index is 908. The first-order valence-corrected chi connectivity index (χ1v) is 8.39. The van der Waals surface area contributed by atoms with Gasteiger partial charge in [0.15, 0.2) is 0 Å². The molecule has 0 bridgehead atoms. The SMILES string of the molecule is COc1ccc(NC(=O)c2ccc(C(=O)NCc3ccccn3)cc2)cc1. The Hall–Kier alpha value is -3.67. The highest BCUT2D eigenvalue weighted by molar-refractivity contribution is 6.05. The first kappa shape index (κ1) is 18.1. The lowest BCUT2D eigenvalue weighted by Gasteiger charge is -2.08. The number of nitrogens with zero attached hydrogens (tertiary/aromatic N) is 1. The number of carbonyl (C=O) groups excluding carboxylic acids is 2. The first-order valence-electron chi connectivity index (χ1n) is 8.39. The van der Waals surface area contributed by atoms with Gasteiger partial charge >= 0.3 is 0 Å². The highest BCUT2D eigenvalue weighted by Gasteiger charge is 2.09. The molecule has 0 radical (unpaired) electrons. The molecular formula is C21H19N3O3. The Morgan fingerprint density at radius 3 is 2.15 bits per heavy atom. The number of aromatic nitrogens is 1. The fraction of sp³-hybridized carbons (Fsp3) is 0.0952. The van der Waals surface area contributed by atoms with Gasteiger partial charge in [0.25, 0.3) is 11.8 Å². The lowest BCUT2D eigenvalue weighted by atomic mass is 10.1. The van der Waals surface area contributed by atoms with E-state index in [1.54, 1.807) is 61.8 Å². The molecule has 27 heavy (non-hydrogen) atoms. The predicted molar refractivity (Wildman–Crippen MR) is 103 cm³/mol. The first-order chi connectivity index (χ1) is 13.2. The summed E-state index contributed by atoms with van der Waals surface area (Å²) in [6.45, 7) is 0.347. The van der Waals surface area contributed by atoms with Gasteiger partial charge in [-0.1, -0.05) is 6.07 Å². The molecule has 0 saturated carbocycles. The summed E-state index contributed by atoms with van der Waals surface area (Å²) >= 11 is 0. The fourth-order valence-corrected chi connectivity index (χ4v) is 2.43. The second kappa shape index (κ2) is 8.62. The van der Waals surface area contributed by atoms with Crippen molar-refractivity contribution in [2.45, 2.75) is 6.54 Å². The van der Waals surface area contributed by atoms with Crippen LogP contribution >= 0.6 is 0 Å². The van der Waals surface area contributed by atoms with Gasteiger partial charge in [0.2, 0.25) is 0 Å². The van der Waals surface area contributed by atoms with E-state index >= 15 is 0 Å². The third kappa shape index (κ3) is 4.92. The summed E-state index contributed by atoms with van der Waals surface area (Å²) in [7, 11) is 1.58. The molecule has 0 unspecified atom stereocenters. The molecule has 2 N–H and O–H groups in total. The zero-order valence-corrected chi connectivity index (χ0v) is 14.8. The van der Waals surface area contributed by atoms with E-state index in [-0.39, 0.29) is 11.8 Å². The van der Waals surface area contributed by atoms with Crippen LogP contribution in [0, 0.1) is 0 Å². The van der Waals surface area contributed by atoms with Crippen molar-refractivity contribution < 1.29 is 14.3 Å². The summed E-state index contributed by atoms with van der Waals surface area (Å²) in [5, 5.41) is 5.60. The maximum atomic E-state index is 12.3. The van der Waals surface area contributed by atoms with Crippen molar-refractivity contribution in [3.05, 3.63) is 89.7 Å². The Labute approximate surface area is 157 Å². The number of benzene rings is 2. The third-order valence-electron chi connectivity index (χ3n) is 3.91. The van der Waals surface area contributed by atoms with Crippen molar-refractivity contribution >= 4 is 17.5 Å². The van der Waals surface area contributed by atoms with Crippen LogP contribution in [0.2, 0.25) is 0 Å². The van der Waals surface area contributed by atoms with Gasteiger partial charge in [0.1, 0.15) is 5.75 Å². The summed E-state index contributed by atoms with van der Waals surface area (Å²) in [4.78, 5) is 28.7. The maximum Gasteiger partial charge on any atom is 0.255 e. The van der Waals surface area contributed by atoms with Gasteiger partial charge in [-0.25, -0.2) is 0 Å². The number of nitrogens with one attached hydrogen (secondary N) is 2. The van der Waals surface area contributed by atoms with E-state index in [1.807, 2.05) is 18.2 Å². The summed E-state index contributed by atoms with van der Waals surface area (Å²) in [5.41, 5.74) is 2.39. The molecule has 6 nitrogen and oxygen atoms in total. The number of carbonyl (C=O) groups is 2. The highest BCUT2D eigenvalue weighted by Crippen LogP contribution is 2.16. The third-order valence-corrected chi connectivity index (χ3v) is 3.91. The number of methoxy groups -OCH3 is 1. The topological polar surface area (TPSA) is 80.3 Å². The Morgan fingerprint density at radius 1 is 0.889 bits per heavy atom. The van der Waals surface area contributed by atoms with Crippen molar-refractivity contribution in [2.75, 3.05) is 12.4 Å². The quantitative estimate of drug-likeness (QED) is 0.706. The molecule has 0 saturated heterocycles. The lowest BCUT2D eigenvalue weighted by Crippen LogP contribution is -2.23. The predicted octanol–water partition coefficient (Wildman–Crippen LogP) is 3.27. The Balaban J connectivity index is 1.58. The van der Waals surface area contributed by atoms with Gasteiger partial charge in [0, 0.05) is 23.0 Å². The molecular weight excluding hydrogens is 342 g/mol. The number of amides is 2. The number of rotatable bonds is 6. The van der Waals surface area contributed by atoms with Gasteiger partial charge in [-0.2, -0.15) is 0 Å². The van der Waals surface area contributed by atoms with E-state index in [4.69, 9.17) is 4.74 Å². The molecule has 0 aliphatic carbocycles. The molecule has 0 fully saturated rings. The number of hydrogen-bond acceptors (Lipinski definition) is 4. The van der Waals surface area contributed by atoms with Crippen molar-refractivity contribution in [1.82, 2.24) is 10.3 Å². The van der Waals surface area contributed by atoms with Gasteiger partial charge in [-0.05, 0) is 60.7 Å². The number of hydrogen-bond donors (Lipinski definition) is 2. The lowest BCUT2D eigenvalue weighted by molar-refractivity contribution is 0.0948. The van der Waals surface area contributed by atoms with Crippen molar-refractivity contribution in [3.63, 3.8) is 0 Å². The molecule has 2 amide bonds. The largest absolute Gasteiger partial charge is 0.497 e. The zero-order chi connectivity index (χ0) is 19.1. The molecule has 0 spiro atoms. The second-order valence-electron chi connectivity index (χ2n) is 5.76. The molecule has 3 rings (SSSR count). The second-order valence-corrected chi connectivity index (χ2v) is 5.76. The minimum atomic E-state index is -0.249. The molecule has 2 aromatic carbocycles. The summed E-state index contributed by atoms with van der Waals surface area (Å²) < 4.78 is 5.09. The average molecular weight is 361 g/mol. The number of pyridine rings is 1. The summed E-state index contributed by atoms with van der Waals surface area (Å²) in [6, 6.07) is 19.1. The van der Waals surface area contributed by atoms with E-state index in [2.05, 4.69) is 15.6 Å². The molecule has 0 atom stereocenters. The molecule has 1 aromatic heterocycles.